The standard InChI is InChI=1S/C24H21NOS/c1-2-8-20-13-15-22(16-14-20)27(18-17-25-19-27)24-12-7-6-11-23(24)26-21-9-4-3-5-10-21/h2-7,9-19H,1,8H2. The monoisotopic (exact) mass is 371 g/mol. The quantitative estimate of drug-likeness (QED) is 0.430. The molecule has 4 rings (SSSR count). The van der Waals surface area contributed by atoms with E-state index in [0.29, 0.717) is 0 Å². The fourth-order valence-corrected chi connectivity index (χ4v) is 5.86. The Hall–Kier alpha value is -3.04. The van der Waals surface area contributed by atoms with Crippen LogP contribution < -0.4 is 4.74 Å². The van der Waals surface area contributed by atoms with Crippen molar-refractivity contribution in [2.24, 2.45) is 4.99 Å². The van der Waals surface area contributed by atoms with E-state index in [2.05, 4.69) is 58.9 Å². The van der Waals surface area contributed by atoms with Crippen LogP contribution in [0.5, 0.6) is 11.5 Å². The summed E-state index contributed by atoms with van der Waals surface area (Å²) >= 11 is 0. The third kappa shape index (κ3) is 3.46. The van der Waals surface area contributed by atoms with E-state index in [4.69, 9.17) is 4.74 Å². The highest BCUT2D eigenvalue weighted by molar-refractivity contribution is 8.46. The van der Waals surface area contributed by atoms with Crippen LogP contribution in [0.2, 0.25) is 0 Å². The maximum absolute atomic E-state index is 6.24. The molecule has 2 nitrogen and oxygen atoms in total. The van der Waals surface area contributed by atoms with Gasteiger partial charge in [-0.15, -0.1) is 16.6 Å². The topological polar surface area (TPSA) is 21.6 Å². The van der Waals surface area contributed by atoms with E-state index in [1.165, 1.54) is 10.5 Å². The average Bonchev–Trinajstić information content (AvgIpc) is 3.21. The molecule has 0 spiro atoms. The molecule has 0 radical (unpaired) electrons. The second-order valence-electron chi connectivity index (χ2n) is 6.25. The number of hydrogen-bond donors (Lipinski definition) is 0. The number of ether oxygens (including phenoxy) is 1. The Kier molecular flexibility index (Phi) is 4.95. The van der Waals surface area contributed by atoms with E-state index in [9.17, 15) is 0 Å². The van der Waals surface area contributed by atoms with Crippen LogP contribution in [0.3, 0.4) is 0 Å². The highest BCUT2D eigenvalue weighted by atomic mass is 32.3. The van der Waals surface area contributed by atoms with E-state index in [0.717, 1.165) is 22.8 Å². The average molecular weight is 372 g/mol. The van der Waals surface area contributed by atoms with Gasteiger partial charge in [-0.05, 0) is 53.8 Å². The third-order valence-electron chi connectivity index (χ3n) is 4.47. The molecule has 1 heterocycles. The van der Waals surface area contributed by atoms with Crippen LogP contribution in [0.15, 0.2) is 118 Å². The molecule has 1 atom stereocenters. The molecule has 1 aliphatic rings. The van der Waals surface area contributed by atoms with Crippen molar-refractivity contribution in [1.29, 1.82) is 0 Å². The van der Waals surface area contributed by atoms with Crippen molar-refractivity contribution in [3.05, 3.63) is 109 Å². The lowest BCUT2D eigenvalue weighted by molar-refractivity contribution is 0.471. The molecule has 0 aliphatic carbocycles. The van der Waals surface area contributed by atoms with Gasteiger partial charge in [0.2, 0.25) is 0 Å². The molecule has 27 heavy (non-hydrogen) atoms. The summed E-state index contributed by atoms with van der Waals surface area (Å²) in [7, 11) is -1.52. The molecule has 3 aromatic rings. The van der Waals surface area contributed by atoms with Gasteiger partial charge in [-0.2, -0.15) is 0 Å². The van der Waals surface area contributed by atoms with E-state index < -0.39 is 10.0 Å². The van der Waals surface area contributed by atoms with Gasteiger partial charge in [-0.25, -0.2) is 0 Å². The van der Waals surface area contributed by atoms with E-state index >= 15 is 0 Å². The van der Waals surface area contributed by atoms with Crippen LogP contribution in [0.4, 0.5) is 0 Å². The zero-order valence-electron chi connectivity index (χ0n) is 15.0. The summed E-state index contributed by atoms with van der Waals surface area (Å²) in [6, 6.07) is 26.9. The highest BCUT2D eigenvalue weighted by Gasteiger charge is 2.29. The zero-order valence-corrected chi connectivity index (χ0v) is 15.8. The number of allylic oxidation sites excluding steroid dienone is 1. The molecule has 1 aliphatic heterocycles. The second kappa shape index (κ2) is 7.68. The van der Waals surface area contributed by atoms with Crippen molar-refractivity contribution in [3.8, 4) is 11.5 Å². The van der Waals surface area contributed by atoms with Gasteiger partial charge in [-0.1, -0.05) is 48.5 Å². The minimum absolute atomic E-state index is 0.833. The van der Waals surface area contributed by atoms with Crippen molar-refractivity contribution in [1.82, 2.24) is 0 Å². The fourth-order valence-electron chi connectivity index (χ4n) is 3.14. The summed E-state index contributed by atoms with van der Waals surface area (Å²) in [6.45, 7) is 3.82. The Balaban J connectivity index is 1.78. The van der Waals surface area contributed by atoms with Crippen molar-refractivity contribution in [2.45, 2.75) is 16.2 Å². The Morgan fingerprint density at radius 3 is 2.33 bits per heavy atom. The van der Waals surface area contributed by atoms with Crippen LogP contribution in [0.25, 0.3) is 0 Å². The summed E-state index contributed by atoms with van der Waals surface area (Å²) in [5.74, 6) is 1.70. The maximum Gasteiger partial charge on any atom is 0.140 e. The Morgan fingerprint density at radius 2 is 1.63 bits per heavy atom. The Bertz CT molecular complexity index is 978. The lowest BCUT2D eigenvalue weighted by atomic mass is 10.2. The molecule has 1 unspecified atom stereocenters. The first-order valence-corrected chi connectivity index (χ1v) is 10.6. The fraction of sp³-hybridized carbons (Fsp3) is 0.0417. The SMILES string of the molecule is C=CCc1ccc(S2(c3ccccc3Oc3ccccc3)C=CN=C2)cc1. The van der Waals surface area contributed by atoms with Gasteiger partial charge in [0.05, 0.1) is 5.55 Å². The molecule has 0 aromatic heterocycles. The molecule has 0 saturated carbocycles. The lowest BCUT2D eigenvalue weighted by Crippen LogP contribution is -2.01. The summed E-state index contributed by atoms with van der Waals surface area (Å²) in [4.78, 5) is 6.86. The molecule has 134 valence electrons. The molecule has 0 bridgehead atoms. The third-order valence-corrected chi connectivity index (χ3v) is 7.59. The normalized spacial score (nSPS) is 20.1. The van der Waals surface area contributed by atoms with Crippen LogP contribution in [0, 0.1) is 0 Å². The molecule has 0 N–H and O–H groups in total. The number of rotatable bonds is 6. The van der Waals surface area contributed by atoms with Crippen molar-refractivity contribution in [3.63, 3.8) is 0 Å². The van der Waals surface area contributed by atoms with E-state index in [1.54, 1.807) is 0 Å². The zero-order chi connectivity index (χ0) is 18.5. The van der Waals surface area contributed by atoms with Gasteiger partial charge >= 0.3 is 0 Å². The molecule has 0 amide bonds. The first-order valence-electron chi connectivity index (χ1n) is 8.87. The summed E-state index contributed by atoms with van der Waals surface area (Å²) in [5.41, 5.74) is 3.33. The van der Waals surface area contributed by atoms with Gasteiger partial charge in [0.25, 0.3) is 0 Å². The highest BCUT2D eigenvalue weighted by Crippen LogP contribution is 2.66. The van der Waals surface area contributed by atoms with E-state index in [1.807, 2.05) is 54.7 Å². The largest absolute Gasteiger partial charge is 0.456 e. The number of nitrogens with zero attached hydrogens (tertiary/aromatic N) is 1. The molecule has 0 fully saturated rings. The first-order chi connectivity index (χ1) is 13.3. The van der Waals surface area contributed by atoms with Crippen LogP contribution in [0.1, 0.15) is 5.56 Å². The first kappa shape index (κ1) is 17.4. The molecule has 3 heteroatoms. The van der Waals surface area contributed by atoms with Crippen LogP contribution in [-0.4, -0.2) is 5.55 Å². The number of benzene rings is 3. The molecule has 3 aromatic carbocycles. The minimum atomic E-state index is -1.52. The minimum Gasteiger partial charge on any atom is -0.456 e. The van der Waals surface area contributed by atoms with Gasteiger partial charge in [-0.3, -0.25) is 4.99 Å². The summed E-state index contributed by atoms with van der Waals surface area (Å²) in [6.07, 6.45) is 4.70. The van der Waals surface area contributed by atoms with Gasteiger partial charge in [0.15, 0.2) is 0 Å². The Morgan fingerprint density at radius 1 is 0.889 bits per heavy atom. The van der Waals surface area contributed by atoms with Crippen LogP contribution in [-0.2, 0) is 6.42 Å². The van der Waals surface area contributed by atoms with Crippen molar-refractivity contribution < 1.29 is 4.74 Å². The molecular formula is C24H21NOS. The summed E-state index contributed by atoms with van der Waals surface area (Å²) < 4.78 is 6.24. The Labute approximate surface area is 161 Å². The maximum atomic E-state index is 6.24. The van der Waals surface area contributed by atoms with Gasteiger partial charge in [0, 0.05) is 16.0 Å². The predicted octanol–water partition coefficient (Wildman–Crippen LogP) is 6.94. The molecular weight excluding hydrogens is 350 g/mol. The molecule has 0 saturated heterocycles. The smallest absolute Gasteiger partial charge is 0.140 e. The van der Waals surface area contributed by atoms with Gasteiger partial charge < -0.3 is 4.74 Å². The number of para-hydroxylation sites is 2. The number of hydrogen-bond acceptors (Lipinski definition) is 2. The lowest BCUT2D eigenvalue weighted by Gasteiger charge is -2.32. The second-order valence-corrected chi connectivity index (χ2v) is 9.06. The van der Waals surface area contributed by atoms with Crippen molar-refractivity contribution in [2.75, 3.05) is 0 Å². The summed E-state index contributed by atoms with van der Waals surface area (Å²) in [5, 5.41) is 2.21. The predicted molar refractivity (Wildman–Crippen MR) is 115 cm³/mol. The van der Waals surface area contributed by atoms with E-state index in [-0.39, 0.29) is 0 Å². The van der Waals surface area contributed by atoms with Crippen molar-refractivity contribution >= 4 is 15.6 Å². The number of aliphatic imine (C=N–C) groups is 1. The van der Waals surface area contributed by atoms with Crippen LogP contribution >= 0.6 is 10.0 Å². The van der Waals surface area contributed by atoms with Gasteiger partial charge in [0.1, 0.15) is 11.5 Å².